The van der Waals surface area contributed by atoms with Gasteiger partial charge < -0.3 is 15.1 Å². The fourth-order valence-electron chi connectivity index (χ4n) is 6.88. The van der Waals surface area contributed by atoms with Crippen molar-refractivity contribution in [1.29, 1.82) is 0 Å². The summed E-state index contributed by atoms with van der Waals surface area (Å²) in [5.41, 5.74) is 1.07. The molecule has 0 aromatic heterocycles. The lowest BCUT2D eigenvalue weighted by Gasteiger charge is -2.43. The molecule has 0 bridgehead atoms. The van der Waals surface area contributed by atoms with E-state index in [1.165, 1.54) is 19.3 Å². The average molecular weight is 547 g/mol. The van der Waals surface area contributed by atoms with Crippen molar-refractivity contribution in [2.24, 2.45) is 11.3 Å². The highest BCUT2D eigenvalue weighted by atomic mass is 19.4. The van der Waals surface area contributed by atoms with Gasteiger partial charge in [-0.2, -0.15) is 13.2 Å². The van der Waals surface area contributed by atoms with Crippen LogP contribution in [0.3, 0.4) is 0 Å². The largest absolute Gasteiger partial charge is 0.395 e. The number of carbonyl (C=O) groups excluding carboxylic acids is 3. The van der Waals surface area contributed by atoms with Gasteiger partial charge in [-0.25, -0.2) is 0 Å². The number of carbonyl (C=O) groups is 3. The second-order valence-electron chi connectivity index (χ2n) is 12.3. The maximum atomic E-state index is 13.4. The van der Waals surface area contributed by atoms with Gasteiger partial charge in [-0.3, -0.25) is 19.7 Å². The summed E-state index contributed by atoms with van der Waals surface area (Å²) in [6, 6.07) is 5.51. The van der Waals surface area contributed by atoms with Gasteiger partial charge >= 0.3 is 6.18 Å². The molecular formula is C29H37F3N4O3. The Balaban J connectivity index is 1.16. The summed E-state index contributed by atoms with van der Waals surface area (Å²) >= 11 is 0. The van der Waals surface area contributed by atoms with E-state index in [1.807, 2.05) is 12.1 Å². The number of anilines is 1. The van der Waals surface area contributed by atoms with E-state index in [9.17, 15) is 27.6 Å². The van der Waals surface area contributed by atoms with E-state index in [-0.39, 0.29) is 49.7 Å². The Bertz CT molecular complexity index is 1140. The minimum absolute atomic E-state index is 0.0160. The van der Waals surface area contributed by atoms with Crippen molar-refractivity contribution in [1.82, 2.24) is 15.5 Å². The summed E-state index contributed by atoms with van der Waals surface area (Å²) in [7, 11) is 0. The van der Waals surface area contributed by atoms with Crippen LogP contribution in [0.15, 0.2) is 18.2 Å². The van der Waals surface area contributed by atoms with Crippen molar-refractivity contribution in [3.63, 3.8) is 0 Å². The topological polar surface area (TPSA) is 81.8 Å². The molecule has 2 N–H and O–H groups in total. The number of nitrogens with one attached hydrogen (secondary N) is 2. The van der Waals surface area contributed by atoms with Crippen LogP contribution in [0.1, 0.15) is 86.6 Å². The number of fused-ring (bicyclic) bond motifs is 1. The minimum atomic E-state index is -4.14. The van der Waals surface area contributed by atoms with E-state index < -0.39 is 23.5 Å². The van der Waals surface area contributed by atoms with E-state index in [4.69, 9.17) is 0 Å². The predicted molar refractivity (Wildman–Crippen MR) is 139 cm³/mol. The van der Waals surface area contributed by atoms with Crippen LogP contribution in [-0.2, 0) is 16.1 Å². The van der Waals surface area contributed by atoms with Gasteiger partial charge in [0.15, 0.2) is 0 Å². The van der Waals surface area contributed by atoms with Crippen LogP contribution in [0.25, 0.3) is 0 Å². The van der Waals surface area contributed by atoms with Crippen LogP contribution in [0.5, 0.6) is 0 Å². The molecule has 7 nitrogen and oxygen atoms in total. The maximum Gasteiger partial charge on any atom is 0.395 e. The number of rotatable bonds is 8. The number of amides is 3. The van der Waals surface area contributed by atoms with E-state index in [0.717, 1.165) is 43.5 Å². The molecule has 1 aromatic rings. The van der Waals surface area contributed by atoms with E-state index in [0.29, 0.717) is 24.4 Å². The van der Waals surface area contributed by atoms with Crippen molar-refractivity contribution < 1.29 is 27.6 Å². The predicted octanol–water partition coefficient (Wildman–Crippen LogP) is 4.30. The maximum absolute atomic E-state index is 13.4. The molecule has 3 amide bonds. The number of hydrogen-bond donors (Lipinski definition) is 2. The zero-order valence-electron chi connectivity index (χ0n) is 22.2. The van der Waals surface area contributed by atoms with Gasteiger partial charge in [0.05, 0.1) is 5.41 Å². The van der Waals surface area contributed by atoms with Crippen LogP contribution in [0.4, 0.5) is 18.9 Å². The van der Waals surface area contributed by atoms with Crippen LogP contribution in [0, 0.1) is 11.3 Å². The molecule has 1 saturated heterocycles. The summed E-state index contributed by atoms with van der Waals surface area (Å²) in [5, 5.41) is 5.61. The summed E-state index contributed by atoms with van der Waals surface area (Å²) in [6.07, 6.45) is 3.89. The first-order valence-electron chi connectivity index (χ1n) is 14.5. The molecule has 4 fully saturated rings. The van der Waals surface area contributed by atoms with Crippen molar-refractivity contribution in [3.05, 3.63) is 29.3 Å². The number of alkyl halides is 3. The fraction of sp³-hybridized carbons (Fsp3) is 0.690. The molecule has 3 aliphatic carbocycles. The number of piperidine rings is 1. The molecular weight excluding hydrogens is 509 g/mol. The monoisotopic (exact) mass is 546 g/mol. The Morgan fingerprint density at radius 1 is 1.03 bits per heavy atom. The molecule has 6 rings (SSSR count). The van der Waals surface area contributed by atoms with Crippen molar-refractivity contribution in [2.75, 3.05) is 18.0 Å². The number of nitrogens with zero attached hydrogens (tertiary/aromatic N) is 2. The highest BCUT2D eigenvalue weighted by Gasteiger charge is 2.62. The molecule has 3 saturated carbocycles. The van der Waals surface area contributed by atoms with E-state index >= 15 is 0 Å². The minimum Gasteiger partial charge on any atom is -0.368 e. The molecule has 39 heavy (non-hydrogen) atoms. The molecule has 0 spiro atoms. The SMILES string of the molecule is O=C1CCC(N2Cc3c(cccc3N(CC3CCC3)C3CCC(NCC4(C(F)(F)F)CC4)CC3)C2=O)C(=O)N1. The first-order chi connectivity index (χ1) is 18.6. The Labute approximate surface area is 226 Å². The number of hydrogen-bond acceptors (Lipinski definition) is 5. The standard InChI is InChI=1S/C29H37F3N4O3/c30-29(31,32)28(13-14-28)17-33-19-7-9-20(10-8-19)35(15-18-3-1-4-18)23-6-2-5-21-22(23)16-36(27(21)39)24-11-12-25(37)34-26(24)38/h2,5-6,18-20,24,33H,1,3-4,7-17H2,(H,34,37,38). The van der Waals surface area contributed by atoms with Crippen LogP contribution >= 0.6 is 0 Å². The lowest BCUT2D eigenvalue weighted by molar-refractivity contribution is -0.186. The molecule has 1 atom stereocenters. The number of imide groups is 1. The van der Waals surface area contributed by atoms with Gasteiger partial charge in [0.2, 0.25) is 11.8 Å². The molecule has 2 heterocycles. The van der Waals surface area contributed by atoms with Gasteiger partial charge in [0, 0.05) is 55.0 Å². The molecule has 2 aliphatic heterocycles. The van der Waals surface area contributed by atoms with Gasteiger partial charge in [0.1, 0.15) is 6.04 Å². The quantitative estimate of drug-likeness (QED) is 0.476. The zero-order valence-corrected chi connectivity index (χ0v) is 22.2. The summed E-state index contributed by atoms with van der Waals surface area (Å²) in [5.74, 6) is -0.286. The van der Waals surface area contributed by atoms with Gasteiger partial charge in [-0.05, 0) is 75.8 Å². The third-order valence-corrected chi connectivity index (χ3v) is 9.87. The number of benzene rings is 1. The zero-order chi connectivity index (χ0) is 27.4. The second-order valence-corrected chi connectivity index (χ2v) is 12.3. The third kappa shape index (κ3) is 5.05. The van der Waals surface area contributed by atoms with E-state index in [2.05, 4.69) is 21.6 Å². The number of halogens is 3. The lowest BCUT2D eigenvalue weighted by Crippen LogP contribution is -2.52. The van der Waals surface area contributed by atoms with Crippen molar-refractivity contribution >= 4 is 23.4 Å². The smallest absolute Gasteiger partial charge is 0.368 e. The third-order valence-electron chi connectivity index (χ3n) is 9.87. The molecule has 0 radical (unpaired) electrons. The Kier molecular flexibility index (Phi) is 6.88. The highest BCUT2D eigenvalue weighted by molar-refractivity contribution is 6.06. The summed E-state index contributed by atoms with van der Waals surface area (Å²) in [4.78, 5) is 41.6. The normalized spacial score (nSPS) is 28.6. The van der Waals surface area contributed by atoms with Crippen molar-refractivity contribution in [2.45, 2.75) is 101 Å². The Hall–Kier alpha value is -2.62. The second kappa shape index (κ2) is 10.1. The van der Waals surface area contributed by atoms with Crippen LogP contribution < -0.4 is 15.5 Å². The van der Waals surface area contributed by atoms with Crippen molar-refractivity contribution in [3.8, 4) is 0 Å². The van der Waals surface area contributed by atoms with Crippen LogP contribution in [-0.4, -0.2) is 60.0 Å². The lowest BCUT2D eigenvalue weighted by atomic mass is 9.83. The van der Waals surface area contributed by atoms with Gasteiger partial charge in [-0.1, -0.05) is 12.5 Å². The average Bonchev–Trinajstić information content (AvgIpc) is 3.61. The summed E-state index contributed by atoms with van der Waals surface area (Å²) < 4.78 is 40.1. The van der Waals surface area contributed by atoms with Gasteiger partial charge in [-0.15, -0.1) is 0 Å². The first-order valence-corrected chi connectivity index (χ1v) is 14.5. The summed E-state index contributed by atoms with van der Waals surface area (Å²) in [6.45, 7) is 1.26. The van der Waals surface area contributed by atoms with Gasteiger partial charge in [0.25, 0.3) is 5.91 Å². The Morgan fingerprint density at radius 2 is 1.77 bits per heavy atom. The first kappa shape index (κ1) is 26.6. The molecule has 212 valence electrons. The highest BCUT2D eigenvalue weighted by Crippen LogP contribution is 2.57. The Morgan fingerprint density at radius 3 is 2.38 bits per heavy atom. The molecule has 10 heteroatoms. The molecule has 1 aromatic carbocycles. The molecule has 5 aliphatic rings. The molecule has 1 unspecified atom stereocenters. The fourth-order valence-corrected chi connectivity index (χ4v) is 6.88. The van der Waals surface area contributed by atoms with Crippen LogP contribution in [0.2, 0.25) is 0 Å². The van der Waals surface area contributed by atoms with E-state index in [1.54, 1.807) is 4.90 Å².